The summed E-state index contributed by atoms with van der Waals surface area (Å²) in [6, 6.07) is 5.23. The van der Waals surface area contributed by atoms with E-state index in [-0.39, 0.29) is 17.0 Å². The van der Waals surface area contributed by atoms with Crippen molar-refractivity contribution in [1.29, 1.82) is 0 Å². The molecular formula is C10H5F3N2O3. The van der Waals surface area contributed by atoms with Crippen LogP contribution in [0.2, 0.25) is 0 Å². The second-order valence-corrected chi connectivity index (χ2v) is 3.31. The van der Waals surface area contributed by atoms with Crippen LogP contribution in [-0.2, 0) is 6.18 Å². The van der Waals surface area contributed by atoms with Crippen LogP contribution in [0.4, 0.5) is 13.2 Å². The molecule has 0 saturated heterocycles. The van der Waals surface area contributed by atoms with Crippen LogP contribution in [0, 0.1) is 0 Å². The zero-order chi connectivity index (χ0) is 13.3. The molecule has 0 amide bonds. The van der Waals surface area contributed by atoms with Crippen molar-refractivity contribution in [3.8, 4) is 11.4 Å². The average Bonchev–Trinajstić information content (AvgIpc) is 2.78. The Balaban J connectivity index is 2.40. The van der Waals surface area contributed by atoms with Crippen molar-refractivity contribution in [2.75, 3.05) is 0 Å². The van der Waals surface area contributed by atoms with Crippen LogP contribution < -0.4 is 0 Å². The van der Waals surface area contributed by atoms with Crippen LogP contribution in [0.15, 0.2) is 28.8 Å². The van der Waals surface area contributed by atoms with Gasteiger partial charge in [0.05, 0.1) is 5.56 Å². The highest BCUT2D eigenvalue weighted by Crippen LogP contribution is 2.29. The molecular weight excluding hydrogens is 252 g/mol. The molecule has 5 nitrogen and oxygen atoms in total. The van der Waals surface area contributed by atoms with E-state index >= 15 is 0 Å². The number of hydrogen-bond acceptors (Lipinski definition) is 4. The number of hydrogen-bond donors (Lipinski definition) is 1. The van der Waals surface area contributed by atoms with Gasteiger partial charge >= 0.3 is 18.0 Å². The van der Waals surface area contributed by atoms with Crippen LogP contribution >= 0.6 is 0 Å². The minimum atomic E-state index is -4.73. The Kier molecular flexibility index (Phi) is 2.77. The Bertz CT molecular complexity index is 592. The first-order valence-electron chi connectivity index (χ1n) is 4.62. The van der Waals surface area contributed by atoms with Crippen molar-refractivity contribution in [3.05, 3.63) is 35.7 Å². The predicted octanol–water partition coefficient (Wildman–Crippen LogP) is 2.45. The number of rotatable bonds is 2. The minimum absolute atomic E-state index is 0.0779. The second kappa shape index (κ2) is 4.13. The topological polar surface area (TPSA) is 76.2 Å². The third-order valence-electron chi connectivity index (χ3n) is 2.04. The highest BCUT2D eigenvalue weighted by atomic mass is 19.3. The summed E-state index contributed by atoms with van der Waals surface area (Å²) < 4.78 is 40.8. The molecule has 1 N–H and O–H groups in total. The van der Waals surface area contributed by atoms with E-state index in [1.807, 2.05) is 0 Å². The molecule has 8 heteroatoms. The number of nitrogens with zero attached hydrogens (tertiary/aromatic N) is 2. The molecule has 2 aromatic rings. The molecule has 0 saturated carbocycles. The molecule has 0 aliphatic carbocycles. The zero-order valence-electron chi connectivity index (χ0n) is 8.60. The summed E-state index contributed by atoms with van der Waals surface area (Å²) in [6.45, 7) is 0. The molecule has 0 atom stereocenters. The molecule has 94 valence electrons. The summed E-state index contributed by atoms with van der Waals surface area (Å²) in [5.74, 6) is -2.99. The van der Waals surface area contributed by atoms with Crippen molar-refractivity contribution in [2.45, 2.75) is 6.18 Å². The van der Waals surface area contributed by atoms with Gasteiger partial charge in [0.2, 0.25) is 5.82 Å². The molecule has 0 radical (unpaired) electrons. The highest BCUT2D eigenvalue weighted by Gasteiger charge is 2.38. The molecule has 2 rings (SSSR count). The largest absolute Gasteiger partial charge is 0.478 e. The Morgan fingerprint density at radius 1 is 1.33 bits per heavy atom. The van der Waals surface area contributed by atoms with Gasteiger partial charge in [0.15, 0.2) is 0 Å². The first-order chi connectivity index (χ1) is 8.38. The summed E-state index contributed by atoms with van der Waals surface area (Å²) in [5, 5.41) is 11.9. The van der Waals surface area contributed by atoms with Gasteiger partial charge in [-0.1, -0.05) is 17.3 Å². The van der Waals surface area contributed by atoms with Crippen LogP contribution in [-0.4, -0.2) is 21.2 Å². The molecule has 0 spiro atoms. The number of aromatic carboxylic acids is 1. The Morgan fingerprint density at radius 2 is 2.06 bits per heavy atom. The van der Waals surface area contributed by atoms with E-state index < -0.39 is 18.0 Å². The number of alkyl halides is 3. The van der Waals surface area contributed by atoms with Crippen molar-refractivity contribution in [1.82, 2.24) is 10.1 Å². The van der Waals surface area contributed by atoms with Gasteiger partial charge in [0.1, 0.15) is 0 Å². The van der Waals surface area contributed by atoms with E-state index in [1.165, 1.54) is 18.2 Å². The molecule has 1 aromatic carbocycles. The smallest absolute Gasteiger partial charge is 0.471 e. The van der Waals surface area contributed by atoms with E-state index in [0.717, 1.165) is 6.07 Å². The lowest BCUT2D eigenvalue weighted by molar-refractivity contribution is -0.159. The van der Waals surface area contributed by atoms with Crippen molar-refractivity contribution < 1.29 is 27.6 Å². The Hall–Kier alpha value is -2.38. The van der Waals surface area contributed by atoms with Gasteiger partial charge in [0, 0.05) is 5.56 Å². The molecule has 1 heterocycles. The van der Waals surface area contributed by atoms with E-state index in [1.54, 1.807) is 0 Å². The number of halogens is 3. The monoisotopic (exact) mass is 257 g/mol. The van der Waals surface area contributed by atoms with Gasteiger partial charge in [-0.3, -0.25) is 0 Å². The summed E-state index contributed by atoms with van der Waals surface area (Å²) >= 11 is 0. The number of carboxylic acid groups (broad SMARTS) is 1. The van der Waals surface area contributed by atoms with Gasteiger partial charge in [-0.25, -0.2) is 4.79 Å². The normalized spacial score (nSPS) is 11.5. The van der Waals surface area contributed by atoms with Gasteiger partial charge < -0.3 is 9.63 Å². The highest BCUT2D eigenvalue weighted by molar-refractivity contribution is 5.89. The van der Waals surface area contributed by atoms with Crippen LogP contribution in [0.3, 0.4) is 0 Å². The molecule has 18 heavy (non-hydrogen) atoms. The first kappa shape index (κ1) is 12.1. The number of carbonyl (C=O) groups is 1. The lowest BCUT2D eigenvalue weighted by atomic mass is 10.1. The molecule has 1 aromatic heterocycles. The summed E-state index contributed by atoms with van der Waals surface area (Å²) in [5.41, 5.74) is 0.0556. The summed E-state index contributed by atoms with van der Waals surface area (Å²) in [7, 11) is 0. The van der Waals surface area contributed by atoms with Crippen molar-refractivity contribution >= 4 is 5.97 Å². The van der Waals surface area contributed by atoms with Crippen molar-refractivity contribution in [3.63, 3.8) is 0 Å². The minimum Gasteiger partial charge on any atom is -0.478 e. The lowest BCUT2D eigenvalue weighted by Crippen LogP contribution is -2.04. The second-order valence-electron chi connectivity index (χ2n) is 3.31. The van der Waals surface area contributed by atoms with Crippen molar-refractivity contribution in [2.24, 2.45) is 0 Å². The van der Waals surface area contributed by atoms with E-state index in [2.05, 4.69) is 14.7 Å². The predicted molar refractivity (Wildman–Crippen MR) is 51.7 cm³/mol. The molecule has 0 aliphatic rings. The van der Waals surface area contributed by atoms with E-state index in [0.29, 0.717) is 0 Å². The van der Waals surface area contributed by atoms with Gasteiger partial charge in [-0.2, -0.15) is 18.2 Å². The third-order valence-corrected chi connectivity index (χ3v) is 2.04. The molecule has 0 unspecified atom stereocenters. The maximum atomic E-state index is 12.2. The van der Waals surface area contributed by atoms with Crippen LogP contribution in [0.25, 0.3) is 11.4 Å². The molecule has 0 aliphatic heterocycles. The number of carboxylic acids is 1. The van der Waals surface area contributed by atoms with Gasteiger partial charge in [-0.15, -0.1) is 0 Å². The summed E-state index contributed by atoms with van der Waals surface area (Å²) in [6.07, 6.45) is -4.73. The number of benzene rings is 1. The van der Waals surface area contributed by atoms with Gasteiger partial charge in [0.25, 0.3) is 0 Å². The maximum absolute atomic E-state index is 12.2. The standard InChI is InChI=1S/C10H5F3N2O3/c11-10(12,13)9-14-7(15-18-9)5-2-1-3-6(4-5)8(16)17/h1-4H,(H,16,17)/i11-1. The van der Waals surface area contributed by atoms with E-state index in [4.69, 9.17) is 5.11 Å². The third kappa shape index (κ3) is 2.31. The van der Waals surface area contributed by atoms with Gasteiger partial charge in [-0.05, 0) is 12.1 Å². The Labute approximate surface area is 97.9 Å². The summed E-state index contributed by atoms with van der Waals surface area (Å²) in [4.78, 5) is 13.9. The Morgan fingerprint density at radius 3 is 2.61 bits per heavy atom. The average molecular weight is 257 g/mol. The fourth-order valence-corrected chi connectivity index (χ4v) is 1.25. The van der Waals surface area contributed by atoms with E-state index in [9.17, 15) is 18.0 Å². The molecule has 0 bridgehead atoms. The first-order valence-corrected chi connectivity index (χ1v) is 4.62. The number of aromatic nitrogens is 2. The fourth-order valence-electron chi connectivity index (χ4n) is 1.25. The maximum Gasteiger partial charge on any atom is 0.471 e. The lowest BCUT2D eigenvalue weighted by Gasteiger charge is -1.97. The van der Waals surface area contributed by atoms with Crippen LogP contribution in [0.5, 0.6) is 0 Å². The zero-order valence-corrected chi connectivity index (χ0v) is 8.60. The fraction of sp³-hybridized carbons (Fsp3) is 0.100. The quantitative estimate of drug-likeness (QED) is 0.894. The molecule has 0 fully saturated rings. The van der Waals surface area contributed by atoms with Crippen LogP contribution in [0.1, 0.15) is 16.2 Å². The SMILES string of the molecule is O=C(O)c1cccc(-c2noc(C(F)(F)[18F])n2)c1.